The Balaban J connectivity index is 1.81. The van der Waals surface area contributed by atoms with Gasteiger partial charge in [-0.1, -0.05) is 98.7 Å². The molecule has 0 saturated carbocycles. The first-order valence-electron chi connectivity index (χ1n) is 17.7. The summed E-state index contributed by atoms with van der Waals surface area (Å²) in [7, 11) is 2.17. The van der Waals surface area contributed by atoms with Crippen LogP contribution >= 0.6 is 0 Å². The standard InChI is InChI=1S/C42H63N3O3/c1-25-16-30(20-34(37(25)46)40(6,7)8)19-33-28(4)44(23-31-17-26(2)38(47)35(21-31)41(9,10)11)43(15)45(29(33)5)24-32-18-27(3)39(48)36(22-32)42(12,13)14/h16-18,20-22,28-29,33,46-48H,19,23-24H2,1-15H3. The zero-order valence-electron chi connectivity index (χ0n) is 32.5. The molecule has 1 aliphatic heterocycles. The minimum absolute atomic E-state index is 0.171. The van der Waals surface area contributed by atoms with E-state index in [-0.39, 0.29) is 34.2 Å². The van der Waals surface area contributed by atoms with Crippen LogP contribution in [0.4, 0.5) is 0 Å². The van der Waals surface area contributed by atoms with Gasteiger partial charge in [0.1, 0.15) is 17.2 Å². The van der Waals surface area contributed by atoms with Crippen LogP contribution in [0.25, 0.3) is 0 Å². The van der Waals surface area contributed by atoms with Crippen molar-refractivity contribution in [1.29, 1.82) is 0 Å². The first-order chi connectivity index (χ1) is 21.9. The molecule has 3 N–H and O–H groups in total. The van der Waals surface area contributed by atoms with Gasteiger partial charge in [0.25, 0.3) is 0 Å². The SMILES string of the molecule is Cc1cc(CC2C(C)N(Cc3cc(C)c(O)c(C(C)(C)C)c3)N(C)N(Cc3cc(C)c(O)c(C(C)(C)C)c3)C2C)cc(C(C)(C)C)c1O. The third-order valence-electron chi connectivity index (χ3n) is 10.6. The largest absolute Gasteiger partial charge is 0.507 e. The van der Waals surface area contributed by atoms with Gasteiger partial charge in [0.2, 0.25) is 0 Å². The Kier molecular flexibility index (Phi) is 10.5. The van der Waals surface area contributed by atoms with Gasteiger partial charge < -0.3 is 15.3 Å². The molecule has 0 aliphatic carbocycles. The molecule has 6 nitrogen and oxygen atoms in total. The van der Waals surface area contributed by atoms with Crippen LogP contribution in [0, 0.1) is 26.7 Å². The maximum absolute atomic E-state index is 11.0. The van der Waals surface area contributed by atoms with Crippen LogP contribution in [0.3, 0.4) is 0 Å². The Morgan fingerprint density at radius 3 is 1.12 bits per heavy atom. The molecule has 0 radical (unpaired) electrons. The molecule has 6 heteroatoms. The van der Waals surface area contributed by atoms with Crippen molar-refractivity contribution in [3.63, 3.8) is 0 Å². The number of benzene rings is 3. The Labute approximate surface area is 291 Å². The summed E-state index contributed by atoms with van der Waals surface area (Å²) in [4.78, 5) is 0. The van der Waals surface area contributed by atoms with Gasteiger partial charge in [-0.15, -0.1) is 0 Å². The molecule has 3 aromatic carbocycles. The average Bonchev–Trinajstić information content (AvgIpc) is 2.94. The highest BCUT2D eigenvalue weighted by Gasteiger charge is 2.42. The van der Waals surface area contributed by atoms with Crippen molar-refractivity contribution in [1.82, 2.24) is 15.1 Å². The maximum atomic E-state index is 11.0. The number of nitrogens with zero attached hydrogens (tertiary/aromatic N) is 3. The Bertz CT molecular complexity index is 1430. The van der Waals surface area contributed by atoms with Crippen molar-refractivity contribution < 1.29 is 15.3 Å². The van der Waals surface area contributed by atoms with Gasteiger partial charge in [0.05, 0.1) is 0 Å². The average molecular weight is 658 g/mol. The maximum Gasteiger partial charge on any atom is 0.122 e. The highest BCUT2D eigenvalue weighted by Crippen LogP contribution is 2.40. The summed E-state index contributed by atoms with van der Waals surface area (Å²) in [6.45, 7) is 31.5. The van der Waals surface area contributed by atoms with Crippen LogP contribution in [-0.2, 0) is 35.8 Å². The van der Waals surface area contributed by atoms with Crippen LogP contribution in [0.1, 0.15) is 126 Å². The van der Waals surface area contributed by atoms with E-state index in [2.05, 4.69) is 135 Å². The third-order valence-corrected chi connectivity index (χ3v) is 10.6. The van der Waals surface area contributed by atoms with E-state index < -0.39 is 0 Å². The predicted octanol–water partition coefficient (Wildman–Crippen LogP) is 9.34. The van der Waals surface area contributed by atoms with Crippen molar-refractivity contribution in [2.24, 2.45) is 5.92 Å². The number of hydrogen-bond donors (Lipinski definition) is 3. The number of phenols is 3. The molecule has 264 valence electrons. The number of hydrazine groups is 2. The lowest BCUT2D eigenvalue weighted by atomic mass is 9.80. The van der Waals surface area contributed by atoms with Gasteiger partial charge in [0.15, 0.2) is 0 Å². The fraction of sp³-hybridized carbons (Fsp3) is 0.571. The molecule has 0 amide bonds. The molecule has 0 spiro atoms. The summed E-state index contributed by atoms with van der Waals surface area (Å²) in [5, 5.41) is 40.2. The van der Waals surface area contributed by atoms with E-state index >= 15 is 0 Å². The van der Waals surface area contributed by atoms with Crippen molar-refractivity contribution in [3.05, 3.63) is 86.5 Å². The van der Waals surface area contributed by atoms with E-state index in [9.17, 15) is 15.3 Å². The van der Waals surface area contributed by atoms with Crippen LogP contribution in [0.5, 0.6) is 17.2 Å². The minimum Gasteiger partial charge on any atom is -0.507 e. The van der Waals surface area contributed by atoms with Gasteiger partial charge in [-0.05, 0) is 113 Å². The normalized spacial score (nSPS) is 20.4. The van der Waals surface area contributed by atoms with Crippen molar-refractivity contribution in [3.8, 4) is 17.2 Å². The van der Waals surface area contributed by atoms with E-state index in [1.807, 2.05) is 20.8 Å². The first-order valence-corrected chi connectivity index (χ1v) is 17.7. The van der Waals surface area contributed by atoms with E-state index in [4.69, 9.17) is 0 Å². The van der Waals surface area contributed by atoms with Crippen LogP contribution < -0.4 is 0 Å². The zero-order valence-corrected chi connectivity index (χ0v) is 32.5. The summed E-state index contributed by atoms with van der Waals surface area (Å²) in [5.41, 5.74) is 8.69. The summed E-state index contributed by atoms with van der Waals surface area (Å²) in [6, 6.07) is 13.4. The number of aryl methyl sites for hydroxylation is 3. The van der Waals surface area contributed by atoms with Crippen molar-refractivity contribution in [2.75, 3.05) is 7.05 Å². The van der Waals surface area contributed by atoms with E-state index in [1.165, 1.54) is 16.7 Å². The van der Waals surface area contributed by atoms with Gasteiger partial charge in [-0.25, -0.2) is 10.0 Å². The van der Waals surface area contributed by atoms with Gasteiger partial charge >= 0.3 is 0 Å². The van der Waals surface area contributed by atoms with Crippen LogP contribution in [-0.4, -0.2) is 49.6 Å². The second-order valence-electron chi connectivity index (χ2n) is 17.7. The molecule has 0 bridgehead atoms. The second kappa shape index (κ2) is 13.3. The fourth-order valence-corrected chi connectivity index (χ4v) is 7.58. The Morgan fingerprint density at radius 2 is 0.812 bits per heavy atom. The molecule has 3 aromatic rings. The topological polar surface area (TPSA) is 70.4 Å². The summed E-state index contributed by atoms with van der Waals surface area (Å²) in [5.74, 6) is 1.44. The van der Waals surface area contributed by atoms with E-state index in [1.54, 1.807) is 0 Å². The molecule has 1 saturated heterocycles. The van der Waals surface area contributed by atoms with E-state index in [0.717, 1.165) is 39.8 Å². The lowest BCUT2D eigenvalue weighted by molar-refractivity contribution is -0.263. The summed E-state index contributed by atoms with van der Waals surface area (Å²) < 4.78 is 0. The van der Waals surface area contributed by atoms with Crippen molar-refractivity contribution in [2.45, 2.75) is 145 Å². The first kappa shape index (κ1) is 37.8. The molecule has 4 rings (SSSR count). The highest BCUT2D eigenvalue weighted by atomic mass is 16.3. The highest BCUT2D eigenvalue weighted by molar-refractivity contribution is 5.48. The smallest absolute Gasteiger partial charge is 0.122 e. The zero-order chi connectivity index (χ0) is 36.3. The van der Waals surface area contributed by atoms with E-state index in [0.29, 0.717) is 30.3 Å². The number of phenolic OH excluding ortho intramolecular Hbond substituents is 3. The number of rotatable bonds is 6. The molecule has 0 aromatic heterocycles. The molecule has 1 heterocycles. The molecule has 2 unspecified atom stereocenters. The monoisotopic (exact) mass is 657 g/mol. The molecule has 48 heavy (non-hydrogen) atoms. The van der Waals surface area contributed by atoms with Gasteiger partial charge in [0, 0.05) is 32.2 Å². The molecule has 1 aliphatic rings. The number of hydrogen-bond acceptors (Lipinski definition) is 6. The molecule has 1 fully saturated rings. The molecular weight excluding hydrogens is 594 g/mol. The fourth-order valence-electron chi connectivity index (χ4n) is 7.58. The number of aromatic hydroxyl groups is 3. The Hall–Kier alpha value is -3.06. The minimum atomic E-state index is -0.184. The summed E-state index contributed by atoms with van der Waals surface area (Å²) >= 11 is 0. The van der Waals surface area contributed by atoms with Crippen LogP contribution in [0.15, 0.2) is 36.4 Å². The van der Waals surface area contributed by atoms with Gasteiger partial charge in [-0.3, -0.25) is 0 Å². The lowest BCUT2D eigenvalue weighted by Crippen LogP contribution is -2.66. The second-order valence-corrected chi connectivity index (χ2v) is 17.7. The van der Waals surface area contributed by atoms with Gasteiger partial charge in [-0.2, -0.15) is 5.12 Å². The third kappa shape index (κ3) is 7.72. The predicted molar refractivity (Wildman–Crippen MR) is 200 cm³/mol. The van der Waals surface area contributed by atoms with Crippen molar-refractivity contribution >= 4 is 0 Å². The molecular formula is C42H63N3O3. The lowest BCUT2D eigenvalue weighted by Gasteiger charge is -2.55. The Morgan fingerprint density at radius 1 is 0.521 bits per heavy atom. The molecule has 2 atom stereocenters. The summed E-state index contributed by atoms with van der Waals surface area (Å²) in [6.07, 6.45) is 0.872. The quantitative estimate of drug-likeness (QED) is 0.245. The van der Waals surface area contributed by atoms with Crippen LogP contribution in [0.2, 0.25) is 0 Å².